The Morgan fingerprint density at radius 3 is 2.92 bits per heavy atom. The lowest BCUT2D eigenvalue weighted by Gasteiger charge is -1.98. The van der Waals surface area contributed by atoms with Crippen molar-refractivity contribution >= 4 is 17.7 Å². The van der Waals surface area contributed by atoms with Crippen LogP contribution in [0.5, 0.6) is 0 Å². The van der Waals surface area contributed by atoms with Crippen LogP contribution in [-0.2, 0) is 9.53 Å². The average molecular weight is 187 g/mol. The fourth-order valence-electron chi connectivity index (χ4n) is 0.641. The van der Waals surface area contributed by atoms with Crippen molar-refractivity contribution in [3.63, 3.8) is 0 Å². The third-order valence-electron chi connectivity index (χ3n) is 1.26. The van der Waals surface area contributed by atoms with Gasteiger partial charge in [-0.25, -0.2) is 0 Å². The molecule has 0 saturated carbocycles. The molecular weight excluding hydrogens is 174 g/mol. The van der Waals surface area contributed by atoms with Crippen molar-refractivity contribution in [2.24, 2.45) is 0 Å². The Kier molecular flexibility index (Phi) is 7.92. The molecule has 12 heavy (non-hydrogen) atoms. The predicted molar refractivity (Wildman–Crippen MR) is 48.8 cm³/mol. The van der Waals surface area contributed by atoms with Crippen LogP contribution in [0.2, 0.25) is 0 Å². The van der Waals surface area contributed by atoms with Crippen molar-refractivity contribution in [2.45, 2.75) is 19.3 Å². The zero-order valence-electron chi connectivity index (χ0n) is 7.21. The van der Waals surface area contributed by atoms with Gasteiger partial charge in [-0.05, 0) is 12.2 Å². The number of hydrogen-bond acceptors (Lipinski definition) is 4. The van der Waals surface area contributed by atoms with Crippen LogP contribution in [0.15, 0.2) is 0 Å². The van der Waals surface area contributed by atoms with E-state index in [2.05, 4.69) is 10.8 Å². The second-order valence-corrected chi connectivity index (χ2v) is 3.42. The first-order chi connectivity index (χ1) is 5.81. The standard InChI is InChI=1S/C8H13NO2S/c1-11-8(10)4-2-6-12-7-3-5-9/h2-4,6-7H2,1H3. The molecule has 0 unspecified atom stereocenters. The molecule has 0 saturated heterocycles. The van der Waals surface area contributed by atoms with Gasteiger partial charge in [0.05, 0.1) is 13.2 Å². The number of esters is 1. The molecule has 68 valence electrons. The molecule has 0 aromatic rings. The normalized spacial score (nSPS) is 9.00. The Balaban J connectivity index is 3.01. The summed E-state index contributed by atoms with van der Waals surface area (Å²) in [5.74, 6) is 1.63. The summed E-state index contributed by atoms with van der Waals surface area (Å²) in [6.07, 6.45) is 1.90. The second kappa shape index (κ2) is 8.41. The molecule has 0 aliphatic rings. The van der Waals surface area contributed by atoms with Gasteiger partial charge in [0.15, 0.2) is 0 Å². The Hall–Kier alpha value is -0.690. The summed E-state index contributed by atoms with van der Waals surface area (Å²) in [5.41, 5.74) is 0. The van der Waals surface area contributed by atoms with Crippen molar-refractivity contribution in [1.82, 2.24) is 0 Å². The first kappa shape index (κ1) is 11.3. The fraction of sp³-hybridized carbons (Fsp3) is 0.750. The zero-order chi connectivity index (χ0) is 9.23. The molecule has 0 heterocycles. The van der Waals surface area contributed by atoms with Gasteiger partial charge in [-0.15, -0.1) is 0 Å². The average Bonchev–Trinajstić information content (AvgIpc) is 2.10. The summed E-state index contributed by atoms with van der Waals surface area (Å²) in [7, 11) is 1.39. The summed E-state index contributed by atoms with van der Waals surface area (Å²) < 4.78 is 4.48. The smallest absolute Gasteiger partial charge is 0.305 e. The number of nitriles is 1. The summed E-state index contributed by atoms with van der Waals surface area (Å²) in [4.78, 5) is 10.6. The highest BCUT2D eigenvalue weighted by Gasteiger charge is 1.98. The van der Waals surface area contributed by atoms with Gasteiger partial charge >= 0.3 is 5.97 Å². The van der Waals surface area contributed by atoms with Crippen LogP contribution in [0, 0.1) is 11.3 Å². The summed E-state index contributed by atoms with van der Waals surface area (Å²) in [6.45, 7) is 0. The number of carbonyl (C=O) groups excluding carboxylic acids is 1. The van der Waals surface area contributed by atoms with E-state index in [0.717, 1.165) is 17.9 Å². The van der Waals surface area contributed by atoms with Crippen molar-refractivity contribution in [2.75, 3.05) is 18.6 Å². The Morgan fingerprint density at radius 1 is 1.58 bits per heavy atom. The van der Waals surface area contributed by atoms with E-state index in [4.69, 9.17) is 5.26 Å². The van der Waals surface area contributed by atoms with Gasteiger partial charge in [0.1, 0.15) is 0 Å². The van der Waals surface area contributed by atoms with E-state index in [1.807, 2.05) is 0 Å². The van der Waals surface area contributed by atoms with Crippen molar-refractivity contribution in [3.05, 3.63) is 0 Å². The molecule has 0 aliphatic heterocycles. The second-order valence-electron chi connectivity index (χ2n) is 2.20. The van der Waals surface area contributed by atoms with E-state index in [9.17, 15) is 4.79 Å². The number of ether oxygens (including phenoxy) is 1. The van der Waals surface area contributed by atoms with Gasteiger partial charge < -0.3 is 4.74 Å². The molecular formula is C8H13NO2S. The number of methoxy groups -OCH3 is 1. The minimum Gasteiger partial charge on any atom is -0.469 e. The van der Waals surface area contributed by atoms with E-state index in [-0.39, 0.29) is 5.97 Å². The molecule has 0 bridgehead atoms. The highest BCUT2D eigenvalue weighted by Crippen LogP contribution is 2.05. The monoisotopic (exact) mass is 187 g/mol. The van der Waals surface area contributed by atoms with Crippen molar-refractivity contribution < 1.29 is 9.53 Å². The van der Waals surface area contributed by atoms with Crippen LogP contribution in [0.3, 0.4) is 0 Å². The molecule has 0 amide bonds. The summed E-state index contributed by atoms with van der Waals surface area (Å²) >= 11 is 1.70. The lowest BCUT2D eigenvalue weighted by molar-refractivity contribution is -0.140. The van der Waals surface area contributed by atoms with Crippen molar-refractivity contribution in [3.8, 4) is 6.07 Å². The third-order valence-corrected chi connectivity index (χ3v) is 2.33. The highest BCUT2D eigenvalue weighted by molar-refractivity contribution is 7.99. The third kappa shape index (κ3) is 7.42. The Bertz CT molecular complexity index is 165. The molecule has 0 spiro atoms. The van der Waals surface area contributed by atoms with E-state index in [1.54, 1.807) is 11.8 Å². The van der Waals surface area contributed by atoms with Gasteiger partial charge in [-0.2, -0.15) is 17.0 Å². The molecule has 0 atom stereocenters. The van der Waals surface area contributed by atoms with E-state index < -0.39 is 0 Å². The maximum absolute atomic E-state index is 10.6. The van der Waals surface area contributed by atoms with Crippen LogP contribution in [0.25, 0.3) is 0 Å². The maximum Gasteiger partial charge on any atom is 0.305 e. The van der Waals surface area contributed by atoms with E-state index >= 15 is 0 Å². The highest BCUT2D eigenvalue weighted by atomic mass is 32.2. The number of rotatable bonds is 6. The van der Waals surface area contributed by atoms with E-state index in [1.165, 1.54) is 7.11 Å². The molecule has 0 fully saturated rings. The van der Waals surface area contributed by atoms with Gasteiger partial charge in [-0.1, -0.05) is 0 Å². The molecule has 4 heteroatoms. The minimum atomic E-state index is -0.157. The van der Waals surface area contributed by atoms with Crippen LogP contribution < -0.4 is 0 Å². The number of nitrogens with zero attached hydrogens (tertiary/aromatic N) is 1. The van der Waals surface area contributed by atoms with Crippen molar-refractivity contribution in [1.29, 1.82) is 5.26 Å². The predicted octanol–water partition coefficient (Wildman–Crippen LogP) is 1.59. The quantitative estimate of drug-likeness (QED) is 0.468. The molecule has 0 radical (unpaired) electrons. The van der Waals surface area contributed by atoms with Crippen LogP contribution in [0.4, 0.5) is 0 Å². The molecule has 0 N–H and O–H groups in total. The molecule has 0 aromatic carbocycles. The van der Waals surface area contributed by atoms with Crippen LogP contribution in [-0.4, -0.2) is 24.6 Å². The summed E-state index contributed by atoms with van der Waals surface area (Å²) in [5, 5.41) is 8.21. The first-order valence-corrected chi connectivity index (χ1v) is 4.98. The zero-order valence-corrected chi connectivity index (χ0v) is 8.02. The molecule has 0 aromatic heterocycles. The van der Waals surface area contributed by atoms with Gasteiger partial charge in [0, 0.05) is 18.6 Å². The van der Waals surface area contributed by atoms with Gasteiger partial charge in [0.25, 0.3) is 0 Å². The topological polar surface area (TPSA) is 50.1 Å². The number of hydrogen-bond donors (Lipinski definition) is 0. The summed E-state index contributed by atoms with van der Waals surface area (Å²) in [6, 6.07) is 2.07. The van der Waals surface area contributed by atoms with E-state index in [0.29, 0.717) is 12.8 Å². The van der Waals surface area contributed by atoms with Gasteiger partial charge in [-0.3, -0.25) is 4.79 Å². The first-order valence-electron chi connectivity index (χ1n) is 3.82. The molecule has 3 nitrogen and oxygen atoms in total. The van der Waals surface area contributed by atoms with Crippen LogP contribution in [0.1, 0.15) is 19.3 Å². The molecule has 0 rings (SSSR count). The number of carbonyl (C=O) groups is 1. The number of thioether (sulfide) groups is 1. The van der Waals surface area contributed by atoms with Gasteiger partial charge in [0.2, 0.25) is 0 Å². The molecule has 0 aliphatic carbocycles. The maximum atomic E-state index is 10.6. The van der Waals surface area contributed by atoms with Crippen LogP contribution >= 0.6 is 11.8 Å². The Labute approximate surface area is 77.1 Å². The fourth-order valence-corrected chi connectivity index (χ4v) is 1.43. The lowest BCUT2D eigenvalue weighted by atomic mass is 10.3. The lowest BCUT2D eigenvalue weighted by Crippen LogP contribution is -2.00. The SMILES string of the molecule is COC(=O)CCCSCCC#N. The Morgan fingerprint density at radius 2 is 2.33 bits per heavy atom. The minimum absolute atomic E-state index is 0.157. The largest absolute Gasteiger partial charge is 0.469 e.